The van der Waals surface area contributed by atoms with Gasteiger partial charge in [-0.05, 0) is 70.1 Å². The van der Waals surface area contributed by atoms with E-state index in [1.807, 2.05) is 50.3 Å². The predicted molar refractivity (Wildman–Crippen MR) is 159 cm³/mol. The molecule has 10 nitrogen and oxygen atoms in total. The standard InChI is InChI=1S/C30H38N8O2/c1-30(2)25-9-8-10-26(34-25)35-27-24(28(39)31-15-6-4-5-7-20-40-30)21-32-29(36-27)33-22-11-13-23(14-12-22)38-18-16-37(3)17-19-38/h4,6,8-14,21H,5,7,15-20H2,1-3H3,(H,31,39)(H2,32,33,34,35,36)/b6-4+. The third kappa shape index (κ3) is 6.94. The van der Waals surface area contributed by atoms with Crippen LogP contribution in [0.4, 0.5) is 29.0 Å². The zero-order chi connectivity index (χ0) is 28.0. The lowest BCUT2D eigenvalue weighted by Gasteiger charge is -2.34. The van der Waals surface area contributed by atoms with E-state index in [0.29, 0.717) is 36.3 Å². The molecule has 1 aromatic carbocycles. The van der Waals surface area contributed by atoms with Gasteiger partial charge in [0.15, 0.2) is 0 Å². The first kappa shape index (κ1) is 27.5. The van der Waals surface area contributed by atoms with E-state index in [9.17, 15) is 4.79 Å². The normalized spacial score (nSPS) is 19.2. The summed E-state index contributed by atoms with van der Waals surface area (Å²) in [5, 5.41) is 9.44. The number of nitrogens with one attached hydrogen (secondary N) is 3. The first-order chi connectivity index (χ1) is 19.4. The fourth-order valence-electron chi connectivity index (χ4n) is 4.66. The summed E-state index contributed by atoms with van der Waals surface area (Å²) in [4.78, 5) is 31.7. The number of fused-ring (bicyclic) bond motifs is 3. The Bertz CT molecular complexity index is 1330. The zero-order valence-electron chi connectivity index (χ0n) is 23.5. The van der Waals surface area contributed by atoms with Crippen molar-refractivity contribution < 1.29 is 9.53 Å². The molecule has 2 aliphatic heterocycles. The average molecular weight is 543 g/mol. The second kappa shape index (κ2) is 12.4. The Hall–Kier alpha value is -4.02. The number of carbonyl (C=O) groups excluding carboxylic acids is 1. The van der Waals surface area contributed by atoms with Gasteiger partial charge in [-0.15, -0.1) is 0 Å². The monoisotopic (exact) mass is 542 g/mol. The summed E-state index contributed by atoms with van der Waals surface area (Å²) < 4.78 is 6.16. The maximum atomic E-state index is 13.1. The molecule has 2 aromatic heterocycles. The summed E-state index contributed by atoms with van der Waals surface area (Å²) in [5.74, 6) is 1.04. The number of piperazine rings is 1. The number of hydrogen-bond acceptors (Lipinski definition) is 9. The number of allylic oxidation sites excluding steroid dienone is 1. The highest BCUT2D eigenvalue weighted by atomic mass is 16.5. The van der Waals surface area contributed by atoms with Gasteiger partial charge in [0.05, 0.1) is 5.69 Å². The van der Waals surface area contributed by atoms with Gasteiger partial charge in [-0.1, -0.05) is 18.2 Å². The summed E-state index contributed by atoms with van der Waals surface area (Å²) in [6.07, 6.45) is 7.30. The predicted octanol–water partition coefficient (Wildman–Crippen LogP) is 4.44. The molecule has 0 unspecified atom stereocenters. The Morgan fingerprint density at radius 1 is 1.00 bits per heavy atom. The number of benzene rings is 1. The molecule has 5 rings (SSSR count). The van der Waals surface area contributed by atoms with Crippen LogP contribution in [0, 0.1) is 0 Å². The summed E-state index contributed by atoms with van der Waals surface area (Å²) in [6.45, 7) is 9.20. The van der Waals surface area contributed by atoms with Crippen LogP contribution in [-0.2, 0) is 10.3 Å². The van der Waals surface area contributed by atoms with Crippen molar-refractivity contribution in [2.45, 2.75) is 32.3 Å². The van der Waals surface area contributed by atoms with Crippen molar-refractivity contribution in [2.24, 2.45) is 0 Å². The molecule has 1 amide bonds. The van der Waals surface area contributed by atoms with Crippen LogP contribution in [0.15, 0.2) is 60.8 Å². The van der Waals surface area contributed by atoms with E-state index < -0.39 is 5.60 Å². The van der Waals surface area contributed by atoms with Crippen molar-refractivity contribution in [3.8, 4) is 0 Å². The molecule has 3 N–H and O–H groups in total. The molecule has 1 fully saturated rings. The van der Waals surface area contributed by atoms with E-state index in [1.54, 1.807) is 0 Å². The highest BCUT2D eigenvalue weighted by Crippen LogP contribution is 2.27. The number of pyridine rings is 1. The summed E-state index contributed by atoms with van der Waals surface area (Å²) in [5.41, 5.74) is 2.62. The lowest BCUT2D eigenvalue weighted by Crippen LogP contribution is -2.44. The number of anilines is 5. The first-order valence-corrected chi connectivity index (χ1v) is 13.9. The van der Waals surface area contributed by atoms with Crippen molar-refractivity contribution in [1.82, 2.24) is 25.2 Å². The van der Waals surface area contributed by atoms with Crippen LogP contribution in [-0.4, -0.2) is 72.1 Å². The van der Waals surface area contributed by atoms with Crippen LogP contribution < -0.4 is 20.9 Å². The highest BCUT2D eigenvalue weighted by molar-refractivity contribution is 5.99. The molecule has 0 saturated carbocycles. The first-order valence-electron chi connectivity index (χ1n) is 13.9. The zero-order valence-corrected chi connectivity index (χ0v) is 23.5. The quantitative estimate of drug-likeness (QED) is 0.414. The molecule has 3 aromatic rings. The van der Waals surface area contributed by atoms with E-state index in [2.05, 4.69) is 61.0 Å². The lowest BCUT2D eigenvalue weighted by atomic mass is 10.0. The van der Waals surface area contributed by atoms with Gasteiger partial charge in [-0.25, -0.2) is 9.97 Å². The molecule has 1 saturated heterocycles. The molecule has 0 spiro atoms. The third-order valence-corrected chi connectivity index (χ3v) is 7.16. The van der Waals surface area contributed by atoms with E-state index in [-0.39, 0.29) is 5.91 Å². The number of hydrogen-bond donors (Lipinski definition) is 3. The van der Waals surface area contributed by atoms with Crippen molar-refractivity contribution in [3.63, 3.8) is 0 Å². The highest BCUT2D eigenvalue weighted by Gasteiger charge is 2.24. The number of nitrogens with zero attached hydrogens (tertiary/aromatic N) is 5. The van der Waals surface area contributed by atoms with E-state index in [0.717, 1.165) is 50.4 Å². The van der Waals surface area contributed by atoms with Gasteiger partial charge in [0.1, 0.15) is 22.8 Å². The maximum Gasteiger partial charge on any atom is 0.256 e. The second-order valence-electron chi connectivity index (χ2n) is 10.6. The van der Waals surface area contributed by atoms with Gasteiger partial charge in [-0.2, -0.15) is 4.98 Å². The fraction of sp³-hybridized carbons (Fsp3) is 0.400. The smallest absolute Gasteiger partial charge is 0.256 e. The molecule has 2 bridgehead atoms. The number of aromatic nitrogens is 3. The van der Waals surface area contributed by atoms with Crippen LogP contribution in [0.1, 0.15) is 42.7 Å². The van der Waals surface area contributed by atoms with Crippen LogP contribution in [0.3, 0.4) is 0 Å². The van der Waals surface area contributed by atoms with Gasteiger partial charge in [0, 0.05) is 56.9 Å². The largest absolute Gasteiger partial charge is 0.369 e. The molecule has 210 valence electrons. The Labute approximate surface area is 235 Å². The minimum Gasteiger partial charge on any atom is -0.369 e. The number of likely N-dealkylation sites (N-methyl/N-ethyl adjacent to an activating group) is 1. The summed E-state index contributed by atoms with van der Waals surface area (Å²) >= 11 is 0. The topological polar surface area (TPSA) is 108 Å². The lowest BCUT2D eigenvalue weighted by molar-refractivity contribution is -0.0254. The van der Waals surface area contributed by atoms with Crippen molar-refractivity contribution >= 4 is 34.9 Å². The molecule has 2 aliphatic rings. The average Bonchev–Trinajstić information content (AvgIpc) is 2.95. The number of rotatable bonds is 3. The van der Waals surface area contributed by atoms with Crippen molar-refractivity contribution in [3.05, 3.63) is 72.1 Å². The van der Waals surface area contributed by atoms with Gasteiger partial charge in [0.25, 0.3) is 5.91 Å². The van der Waals surface area contributed by atoms with Gasteiger partial charge >= 0.3 is 0 Å². The minimum absolute atomic E-state index is 0.262. The molecule has 40 heavy (non-hydrogen) atoms. The Kier molecular flexibility index (Phi) is 8.57. The van der Waals surface area contributed by atoms with Gasteiger partial charge in [-0.3, -0.25) is 4.79 Å². The fourth-order valence-corrected chi connectivity index (χ4v) is 4.66. The van der Waals surface area contributed by atoms with Crippen LogP contribution in [0.25, 0.3) is 0 Å². The second-order valence-corrected chi connectivity index (χ2v) is 10.6. The van der Waals surface area contributed by atoms with E-state index >= 15 is 0 Å². The molecule has 0 radical (unpaired) electrons. The molecule has 0 atom stereocenters. The van der Waals surface area contributed by atoms with E-state index in [4.69, 9.17) is 9.72 Å². The number of ether oxygens (including phenoxy) is 1. The Morgan fingerprint density at radius 2 is 1.80 bits per heavy atom. The number of carbonyl (C=O) groups is 1. The SMILES string of the molecule is CN1CCN(c2ccc(Nc3ncc4c(n3)Nc3cccc(n3)C(C)(C)OCCC/C=C/CNC4=O)cc2)CC1. The van der Waals surface area contributed by atoms with Crippen LogP contribution in [0.5, 0.6) is 0 Å². The molecular formula is C30H38N8O2. The molecule has 4 heterocycles. The van der Waals surface area contributed by atoms with E-state index in [1.165, 1.54) is 11.9 Å². The maximum absolute atomic E-state index is 13.1. The summed E-state index contributed by atoms with van der Waals surface area (Å²) in [6, 6.07) is 14.0. The minimum atomic E-state index is -0.562. The Balaban J connectivity index is 1.39. The van der Waals surface area contributed by atoms with Crippen LogP contribution in [0.2, 0.25) is 0 Å². The van der Waals surface area contributed by atoms with Crippen molar-refractivity contribution in [1.29, 1.82) is 0 Å². The van der Waals surface area contributed by atoms with Gasteiger partial charge in [0.2, 0.25) is 5.95 Å². The third-order valence-electron chi connectivity index (χ3n) is 7.16. The van der Waals surface area contributed by atoms with Crippen molar-refractivity contribution in [2.75, 3.05) is 61.9 Å². The Morgan fingerprint density at radius 3 is 2.60 bits per heavy atom. The molecule has 10 heteroatoms. The molecule has 0 aliphatic carbocycles. The van der Waals surface area contributed by atoms with Gasteiger partial charge < -0.3 is 30.5 Å². The number of amides is 1. The summed E-state index contributed by atoms with van der Waals surface area (Å²) in [7, 11) is 2.15. The molecular weight excluding hydrogens is 504 g/mol. The van der Waals surface area contributed by atoms with Crippen LogP contribution >= 0.6 is 0 Å².